The molecule has 0 amide bonds. The second-order valence-corrected chi connectivity index (χ2v) is 8.97. The van der Waals surface area contributed by atoms with Crippen LogP contribution >= 0.6 is 11.6 Å². The molecule has 1 atom stereocenters. The number of nitrogens with zero attached hydrogens (tertiary/aromatic N) is 3. The van der Waals surface area contributed by atoms with Gasteiger partial charge in [-0.2, -0.15) is 0 Å². The minimum Gasteiger partial charge on any atom is -0.268 e. The predicted octanol–water partition coefficient (Wildman–Crippen LogP) is 2.53. The highest BCUT2D eigenvalue weighted by Crippen LogP contribution is 2.28. The standard InChI is InChI=1S/C13H18ClN3OS/c1-13(2,3)9-6-7-10(14)17-11(8-19(4,5)18)15-16-12(9)17/h6-7H,4,8H2,1-3,5H3. The molecule has 0 saturated heterocycles. The van der Waals surface area contributed by atoms with Crippen molar-refractivity contribution in [1.82, 2.24) is 14.6 Å². The summed E-state index contributed by atoms with van der Waals surface area (Å²) >= 11 is 6.22. The molecule has 2 heterocycles. The SMILES string of the molecule is C=S(C)(=O)Cc1nnc2c(C(C)(C)C)ccc(Cl)n12. The van der Waals surface area contributed by atoms with Crippen molar-refractivity contribution in [2.75, 3.05) is 6.26 Å². The maximum absolute atomic E-state index is 11.9. The van der Waals surface area contributed by atoms with Crippen LogP contribution in [0.4, 0.5) is 0 Å². The van der Waals surface area contributed by atoms with E-state index in [1.54, 1.807) is 10.7 Å². The molecule has 0 bridgehead atoms. The van der Waals surface area contributed by atoms with Crippen LogP contribution in [0.1, 0.15) is 32.2 Å². The van der Waals surface area contributed by atoms with Gasteiger partial charge in [0, 0.05) is 11.8 Å². The van der Waals surface area contributed by atoms with E-state index in [9.17, 15) is 4.21 Å². The smallest absolute Gasteiger partial charge is 0.165 e. The second-order valence-electron chi connectivity index (χ2n) is 5.92. The number of fused-ring (bicyclic) bond motifs is 1. The minimum atomic E-state index is -2.19. The number of aromatic nitrogens is 3. The third kappa shape index (κ3) is 2.92. The fraction of sp³-hybridized carbons (Fsp3) is 0.462. The molecule has 19 heavy (non-hydrogen) atoms. The summed E-state index contributed by atoms with van der Waals surface area (Å²) in [6, 6.07) is 3.78. The van der Waals surface area contributed by atoms with Crippen LogP contribution in [0.5, 0.6) is 0 Å². The number of rotatable bonds is 2. The molecule has 0 radical (unpaired) electrons. The van der Waals surface area contributed by atoms with Gasteiger partial charge < -0.3 is 0 Å². The van der Waals surface area contributed by atoms with E-state index in [1.807, 2.05) is 12.1 Å². The lowest BCUT2D eigenvalue weighted by Crippen LogP contribution is -2.14. The van der Waals surface area contributed by atoms with Gasteiger partial charge in [-0.1, -0.05) is 38.4 Å². The van der Waals surface area contributed by atoms with Crippen molar-refractivity contribution in [3.63, 3.8) is 0 Å². The van der Waals surface area contributed by atoms with Gasteiger partial charge in [-0.25, -0.2) is 0 Å². The van der Waals surface area contributed by atoms with Crippen molar-refractivity contribution in [2.24, 2.45) is 0 Å². The molecule has 104 valence electrons. The Hall–Kier alpha value is -1.07. The Bertz CT molecular complexity index is 726. The van der Waals surface area contributed by atoms with Crippen LogP contribution in [-0.4, -0.2) is 30.9 Å². The molecule has 0 aliphatic rings. The van der Waals surface area contributed by atoms with E-state index in [0.717, 1.165) is 11.2 Å². The van der Waals surface area contributed by atoms with Gasteiger partial charge in [0.15, 0.2) is 11.5 Å². The first-order chi connectivity index (χ1) is 8.59. The Labute approximate surface area is 118 Å². The van der Waals surface area contributed by atoms with Gasteiger partial charge in [-0.05, 0) is 26.9 Å². The van der Waals surface area contributed by atoms with Crippen molar-refractivity contribution in [3.8, 4) is 0 Å². The first-order valence-corrected chi connectivity index (χ1v) is 8.61. The molecule has 6 heteroatoms. The van der Waals surface area contributed by atoms with E-state index in [4.69, 9.17) is 11.6 Å². The summed E-state index contributed by atoms with van der Waals surface area (Å²) in [6.07, 6.45) is 1.61. The first kappa shape index (κ1) is 14.3. The predicted molar refractivity (Wildman–Crippen MR) is 81.6 cm³/mol. The molecule has 0 saturated carbocycles. The first-order valence-electron chi connectivity index (χ1n) is 5.92. The minimum absolute atomic E-state index is 0.0613. The van der Waals surface area contributed by atoms with Crippen molar-refractivity contribution in [3.05, 3.63) is 28.7 Å². The number of hydrogen-bond donors (Lipinski definition) is 0. The van der Waals surface area contributed by atoms with E-state index in [2.05, 4.69) is 36.8 Å². The van der Waals surface area contributed by atoms with Crippen LogP contribution in [0.15, 0.2) is 12.1 Å². The van der Waals surface area contributed by atoms with E-state index < -0.39 is 9.52 Å². The quantitative estimate of drug-likeness (QED) is 0.632. The summed E-state index contributed by atoms with van der Waals surface area (Å²) in [7, 11) is -2.19. The van der Waals surface area contributed by atoms with Crippen LogP contribution < -0.4 is 0 Å². The Balaban J connectivity index is 2.73. The Morgan fingerprint density at radius 3 is 2.53 bits per heavy atom. The van der Waals surface area contributed by atoms with Crippen LogP contribution in [-0.2, 0) is 20.7 Å². The molecule has 0 aliphatic heterocycles. The average Bonchev–Trinajstić information content (AvgIpc) is 2.58. The topological polar surface area (TPSA) is 47.3 Å². The van der Waals surface area contributed by atoms with E-state index >= 15 is 0 Å². The van der Waals surface area contributed by atoms with Gasteiger partial charge >= 0.3 is 0 Å². The highest BCUT2D eigenvalue weighted by Gasteiger charge is 2.21. The lowest BCUT2D eigenvalue weighted by molar-refractivity contribution is 0.591. The number of hydrogen-bond acceptors (Lipinski definition) is 3. The summed E-state index contributed by atoms with van der Waals surface area (Å²) in [6.45, 7) is 6.32. The monoisotopic (exact) mass is 299 g/mol. The van der Waals surface area contributed by atoms with Gasteiger partial charge in [0.25, 0.3) is 0 Å². The van der Waals surface area contributed by atoms with Crippen molar-refractivity contribution < 1.29 is 4.21 Å². The molecule has 0 aliphatic carbocycles. The van der Waals surface area contributed by atoms with E-state index in [0.29, 0.717) is 11.0 Å². The molecule has 4 nitrogen and oxygen atoms in total. The average molecular weight is 300 g/mol. The normalized spacial score (nSPS) is 15.6. The van der Waals surface area contributed by atoms with Crippen LogP contribution in [0.2, 0.25) is 5.15 Å². The zero-order chi connectivity index (χ0) is 14.4. The largest absolute Gasteiger partial charge is 0.268 e. The van der Waals surface area contributed by atoms with Crippen LogP contribution in [0.25, 0.3) is 5.65 Å². The second kappa shape index (κ2) is 4.49. The zero-order valence-corrected chi connectivity index (χ0v) is 13.2. The van der Waals surface area contributed by atoms with E-state index in [1.165, 1.54) is 0 Å². The molecule has 2 aromatic rings. The summed E-state index contributed by atoms with van der Waals surface area (Å²) in [5.74, 6) is 4.51. The maximum Gasteiger partial charge on any atom is 0.165 e. The Morgan fingerprint density at radius 2 is 2.00 bits per heavy atom. The number of pyridine rings is 1. The van der Waals surface area contributed by atoms with Crippen molar-refractivity contribution >= 4 is 32.6 Å². The molecular formula is C13H18ClN3OS. The highest BCUT2D eigenvalue weighted by atomic mass is 35.5. The lowest BCUT2D eigenvalue weighted by Gasteiger charge is -2.19. The lowest BCUT2D eigenvalue weighted by atomic mass is 9.88. The highest BCUT2D eigenvalue weighted by molar-refractivity contribution is 7.98. The molecule has 0 fully saturated rings. The third-order valence-corrected chi connectivity index (χ3v) is 3.98. The summed E-state index contributed by atoms with van der Waals surface area (Å²) in [5, 5.41) is 8.85. The molecular weight excluding hydrogens is 282 g/mol. The number of halogens is 1. The molecule has 0 spiro atoms. The molecule has 0 aromatic carbocycles. The molecule has 2 rings (SSSR count). The van der Waals surface area contributed by atoms with Gasteiger partial charge in [0.2, 0.25) is 0 Å². The maximum atomic E-state index is 11.9. The summed E-state index contributed by atoms with van der Waals surface area (Å²) in [4.78, 5) is 0. The fourth-order valence-electron chi connectivity index (χ4n) is 1.97. The van der Waals surface area contributed by atoms with Gasteiger partial charge in [-0.3, -0.25) is 8.61 Å². The van der Waals surface area contributed by atoms with Crippen molar-refractivity contribution in [2.45, 2.75) is 31.9 Å². The molecule has 2 aromatic heterocycles. The third-order valence-electron chi connectivity index (χ3n) is 2.81. The summed E-state index contributed by atoms with van der Waals surface area (Å²) < 4.78 is 13.6. The molecule has 0 N–H and O–H groups in total. The fourth-order valence-corrected chi connectivity index (χ4v) is 2.94. The Kier molecular flexibility index (Phi) is 3.39. The zero-order valence-electron chi connectivity index (χ0n) is 11.6. The van der Waals surface area contributed by atoms with Gasteiger partial charge in [0.05, 0.1) is 5.75 Å². The Morgan fingerprint density at radius 1 is 1.37 bits per heavy atom. The van der Waals surface area contributed by atoms with Crippen LogP contribution in [0, 0.1) is 0 Å². The van der Waals surface area contributed by atoms with Crippen molar-refractivity contribution in [1.29, 1.82) is 0 Å². The molecule has 1 unspecified atom stereocenters. The van der Waals surface area contributed by atoms with Crippen LogP contribution in [0.3, 0.4) is 0 Å². The van der Waals surface area contributed by atoms with Gasteiger partial charge in [-0.15, -0.1) is 10.2 Å². The summed E-state index contributed by atoms with van der Waals surface area (Å²) in [5.41, 5.74) is 1.72. The van der Waals surface area contributed by atoms with Gasteiger partial charge in [0.1, 0.15) is 5.15 Å². The van der Waals surface area contributed by atoms with E-state index in [-0.39, 0.29) is 11.2 Å².